The molecule has 0 aromatic heterocycles. The van der Waals surface area contributed by atoms with Gasteiger partial charge in [0.25, 0.3) is 0 Å². The minimum Gasteiger partial charge on any atom is -0.338 e. The van der Waals surface area contributed by atoms with E-state index in [1.54, 1.807) is 18.2 Å². The van der Waals surface area contributed by atoms with Crippen molar-refractivity contribution in [2.24, 2.45) is 5.92 Å². The summed E-state index contributed by atoms with van der Waals surface area (Å²) in [4.78, 5) is 14.9. The quantitative estimate of drug-likeness (QED) is 0.680. The summed E-state index contributed by atoms with van der Waals surface area (Å²) < 4.78 is 27.2. The van der Waals surface area contributed by atoms with Gasteiger partial charge in [-0.2, -0.15) is 0 Å². The first kappa shape index (κ1) is 21.6. The number of benzene rings is 2. The highest BCUT2D eigenvalue weighted by molar-refractivity contribution is 7.88. The van der Waals surface area contributed by atoms with Gasteiger partial charge in [0.05, 0.1) is 5.75 Å². The van der Waals surface area contributed by atoms with Gasteiger partial charge in [0.15, 0.2) is 0 Å². The van der Waals surface area contributed by atoms with Crippen molar-refractivity contribution in [3.8, 4) is 0 Å². The van der Waals surface area contributed by atoms with Crippen molar-refractivity contribution in [2.45, 2.75) is 31.6 Å². The van der Waals surface area contributed by atoms with Crippen molar-refractivity contribution < 1.29 is 13.2 Å². The van der Waals surface area contributed by atoms with E-state index < -0.39 is 10.0 Å². The number of hydrogen-bond acceptors (Lipinski definition) is 3. The van der Waals surface area contributed by atoms with Crippen LogP contribution in [0.25, 0.3) is 0 Å². The van der Waals surface area contributed by atoms with E-state index in [0.717, 1.165) is 13.0 Å². The third-order valence-electron chi connectivity index (χ3n) is 6.03. The number of halogens is 2. The largest absolute Gasteiger partial charge is 0.338 e. The topological polar surface area (TPSA) is 57.7 Å². The fourth-order valence-electron chi connectivity index (χ4n) is 4.27. The van der Waals surface area contributed by atoms with E-state index in [1.807, 2.05) is 17.0 Å². The average molecular weight is 467 g/mol. The molecule has 0 atom stereocenters. The molecule has 2 aromatic rings. The van der Waals surface area contributed by atoms with Crippen molar-refractivity contribution in [3.05, 3.63) is 69.2 Å². The van der Waals surface area contributed by atoms with Crippen LogP contribution in [0.2, 0.25) is 10.0 Å². The summed E-state index contributed by atoms with van der Waals surface area (Å²) in [5, 5.41) is 0.697. The zero-order valence-electron chi connectivity index (χ0n) is 16.6. The molecule has 8 heteroatoms. The second kappa shape index (κ2) is 8.87. The third kappa shape index (κ3) is 4.52. The molecule has 30 heavy (non-hydrogen) atoms. The van der Waals surface area contributed by atoms with Crippen molar-refractivity contribution in [2.75, 3.05) is 19.6 Å². The number of carbonyl (C=O) groups excluding carboxylic acids is 1. The highest BCUT2D eigenvalue weighted by Crippen LogP contribution is 2.30. The lowest BCUT2D eigenvalue weighted by Gasteiger charge is -2.35. The Morgan fingerprint density at radius 3 is 2.23 bits per heavy atom. The van der Waals surface area contributed by atoms with Crippen molar-refractivity contribution in [3.63, 3.8) is 0 Å². The Labute approximate surface area is 187 Å². The second-order valence-corrected chi connectivity index (χ2v) is 10.7. The standard InChI is InChI=1S/C22H24Cl2N2O3S/c23-20-6-3-7-21(24)19(20)15-30(28,29)26-12-9-17(10-13-26)22(27)25-11-8-16-4-1-2-5-18(16)14-25/h1-7,17H,8-15H2. The Hall–Kier alpha value is -1.60. The number of hydrogen-bond donors (Lipinski definition) is 0. The third-order valence-corrected chi connectivity index (χ3v) is 8.54. The molecule has 2 aliphatic heterocycles. The van der Waals surface area contributed by atoms with E-state index in [9.17, 15) is 13.2 Å². The van der Waals surface area contributed by atoms with Gasteiger partial charge in [-0.15, -0.1) is 0 Å². The predicted molar refractivity (Wildman–Crippen MR) is 119 cm³/mol. The zero-order chi connectivity index (χ0) is 21.3. The molecular formula is C22H24Cl2N2O3S. The normalized spacial score (nSPS) is 18.3. The van der Waals surface area contributed by atoms with Crippen molar-refractivity contribution in [1.82, 2.24) is 9.21 Å². The molecule has 1 amide bonds. The van der Waals surface area contributed by atoms with Crippen LogP contribution < -0.4 is 0 Å². The minimum absolute atomic E-state index is 0.134. The summed E-state index contributed by atoms with van der Waals surface area (Å²) in [5.74, 6) is -0.228. The molecule has 0 bridgehead atoms. The summed E-state index contributed by atoms with van der Waals surface area (Å²) in [7, 11) is -3.56. The number of fused-ring (bicyclic) bond motifs is 1. The molecule has 0 spiro atoms. The molecule has 0 saturated carbocycles. The van der Waals surface area contributed by atoms with E-state index in [2.05, 4.69) is 12.1 Å². The zero-order valence-corrected chi connectivity index (χ0v) is 18.9. The van der Waals surface area contributed by atoms with Gasteiger partial charge in [0.2, 0.25) is 15.9 Å². The van der Waals surface area contributed by atoms with Crippen LogP contribution in [0.3, 0.4) is 0 Å². The molecule has 0 unspecified atom stereocenters. The number of sulfonamides is 1. The van der Waals surface area contributed by atoms with Gasteiger partial charge < -0.3 is 4.90 Å². The molecule has 1 fully saturated rings. The SMILES string of the molecule is O=C(C1CCN(S(=O)(=O)Cc2c(Cl)cccc2Cl)CC1)N1CCc2ccccc2C1. The fraction of sp³-hybridized carbons (Fsp3) is 0.409. The molecule has 0 aliphatic carbocycles. The second-order valence-electron chi connectivity index (χ2n) is 7.91. The number of nitrogens with zero attached hydrogens (tertiary/aromatic N) is 2. The lowest BCUT2D eigenvalue weighted by atomic mass is 9.94. The molecule has 4 rings (SSSR count). The van der Waals surface area contributed by atoms with Crippen LogP contribution >= 0.6 is 23.2 Å². The summed E-state index contributed by atoms with van der Waals surface area (Å²) in [5.41, 5.74) is 2.93. The number of carbonyl (C=O) groups is 1. The van der Waals surface area contributed by atoms with E-state index in [4.69, 9.17) is 23.2 Å². The van der Waals surface area contributed by atoms with Crippen LogP contribution in [0.5, 0.6) is 0 Å². The summed E-state index contributed by atoms with van der Waals surface area (Å²) >= 11 is 12.3. The van der Waals surface area contributed by atoms with Crippen molar-refractivity contribution in [1.29, 1.82) is 0 Å². The average Bonchev–Trinajstić information content (AvgIpc) is 2.75. The molecular weight excluding hydrogens is 443 g/mol. The first-order valence-corrected chi connectivity index (χ1v) is 12.5. The van der Waals surface area contributed by atoms with Crippen LogP contribution in [0.4, 0.5) is 0 Å². The van der Waals surface area contributed by atoms with E-state index in [-0.39, 0.29) is 17.6 Å². The molecule has 5 nitrogen and oxygen atoms in total. The van der Waals surface area contributed by atoms with Crippen LogP contribution in [-0.2, 0) is 33.5 Å². The number of piperidine rings is 1. The van der Waals surface area contributed by atoms with Gasteiger partial charge in [-0.3, -0.25) is 4.79 Å². The van der Waals surface area contributed by atoms with Crippen LogP contribution in [0.15, 0.2) is 42.5 Å². The molecule has 0 N–H and O–H groups in total. The minimum atomic E-state index is -3.56. The maximum absolute atomic E-state index is 13.0. The van der Waals surface area contributed by atoms with Gasteiger partial charge in [-0.1, -0.05) is 53.5 Å². The Balaban J connectivity index is 1.37. The summed E-state index contributed by atoms with van der Waals surface area (Å²) in [6.45, 7) is 2.04. The smallest absolute Gasteiger partial charge is 0.226 e. The van der Waals surface area contributed by atoms with Crippen LogP contribution in [-0.4, -0.2) is 43.2 Å². The number of amides is 1. The van der Waals surface area contributed by atoms with Gasteiger partial charge in [-0.05, 0) is 42.5 Å². The Bertz CT molecular complexity index is 1030. The van der Waals surface area contributed by atoms with Gasteiger partial charge >= 0.3 is 0 Å². The molecule has 2 aliphatic rings. The molecule has 2 heterocycles. The Morgan fingerprint density at radius 1 is 0.933 bits per heavy atom. The molecule has 2 aromatic carbocycles. The number of rotatable bonds is 4. The first-order valence-electron chi connectivity index (χ1n) is 10.1. The maximum atomic E-state index is 13.0. The van der Waals surface area contributed by atoms with Gasteiger partial charge in [0.1, 0.15) is 0 Å². The van der Waals surface area contributed by atoms with Crippen LogP contribution in [0, 0.1) is 5.92 Å². The van der Waals surface area contributed by atoms with E-state index >= 15 is 0 Å². The van der Waals surface area contributed by atoms with Crippen LogP contribution in [0.1, 0.15) is 29.5 Å². The van der Waals surface area contributed by atoms with E-state index in [1.165, 1.54) is 15.4 Å². The monoisotopic (exact) mass is 466 g/mol. The Morgan fingerprint density at radius 2 is 1.57 bits per heavy atom. The van der Waals surface area contributed by atoms with Crippen molar-refractivity contribution >= 4 is 39.1 Å². The molecule has 1 saturated heterocycles. The Kier molecular flexibility index (Phi) is 6.39. The summed E-state index contributed by atoms with van der Waals surface area (Å²) in [6, 6.07) is 13.2. The molecule has 160 valence electrons. The fourth-order valence-corrected chi connectivity index (χ4v) is 6.58. The van der Waals surface area contributed by atoms with Gasteiger partial charge in [0, 0.05) is 47.7 Å². The van der Waals surface area contributed by atoms with E-state index in [0.29, 0.717) is 48.1 Å². The molecule has 0 radical (unpaired) electrons. The van der Waals surface area contributed by atoms with Gasteiger partial charge in [-0.25, -0.2) is 12.7 Å². The summed E-state index contributed by atoms with van der Waals surface area (Å²) in [6.07, 6.45) is 1.94. The maximum Gasteiger partial charge on any atom is 0.226 e. The highest BCUT2D eigenvalue weighted by atomic mass is 35.5. The highest BCUT2D eigenvalue weighted by Gasteiger charge is 2.34. The lowest BCUT2D eigenvalue weighted by molar-refractivity contribution is -0.137. The lowest BCUT2D eigenvalue weighted by Crippen LogP contribution is -2.45. The predicted octanol–water partition coefficient (Wildman–Crippen LogP) is 4.12. The first-order chi connectivity index (χ1) is 14.3.